The second-order valence-electron chi connectivity index (χ2n) is 5.75. The van der Waals surface area contributed by atoms with Crippen molar-refractivity contribution >= 4 is 5.97 Å². The lowest BCUT2D eigenvalue weighted by molar-refractivity contribution is -0.138. The highest BCUT2D eigenvalue weighted by Crippen LogP contribution is 2.15. The first-order valence-corrected chi connectivity index (χ1v) is 7.99. The molecule has 0 aromatic heterocycles. The van der Waals surface area contributed by atoms with Crippen LogP contribution >= 0.6 is 0 Å². The molecular weight excluding hydrogens is 240 g/mol. The number of aliphatic hydroxyl groups is 1. The van der Waals surface area contributed by atoms with E-state index in [9.17, 15) is 4.79 Å². The Bertz CT molecular complexity index is 204. The molecule has 19 heavy (non-hydrogen) atoms. The molecule has 0 aliphatic carbocycles. The lowest BCUT2D eigenvalue weighted by atomic mass is 9.99. The van der Waals surface area contributed by atoms with Crippen LogP contribution in [0.4, 0.5) is 0 Å². The topological polar surface area (TPSA) is 57.5 Å². The summed E-state index contributed by atoms with van der Waals surface area (Å²) in [6, 6.07) is 0. The number of hydrogen-bond acceptors (Lipinski definition) is 2. The molecule has 0 fully saturated rings. The summed E-state index contributed by atoms with van der Waals surface area (Å²) in [6.07, 6.45) is 13.7. The molecule has 0 spiro atoms. The van der Waals surface area contributed by atoms with Crippen LogP contribution < -0.4 is 0 Å². The summed E-state index contributed by atoms with van der Waals surface area (Å²) in [5.41, 5.74) is 0. The van der Waals surface area contributed by atoms with Gasteiger partial charge in [0, 0.05) is 13.0 Å². The highest BCUT2D eigenvalue weighted by atomic mass is 16.4. The van der Waals surface area contributed by atoms with Gasteiger partial charge in [-0.3, -0.25) is 4.79 Å². The van der Waals surface area contributed by atoms with Gasteiger partial charge in [0.25, 0.3) is 0 Å². The van der Waals surface area contributed by atoms with E-state index < -0.39 is 5.97 Å². The van der Waals surface area contributed by atoms with E-state index >= 15 is 0 Å². The minimum atomic E-state index is -0.673. The van der Waals surface area contributed by atoms with Crippen molar-refractivity contribution in [1.82, 2.24) is 0 Å². The maximum atomic E-state index is 10.5. The molecule has 0 aliphatic rings. The van der Waals surface area contributed by atoms with E-state index in [1.54, 1.807) is 0 Å². The Kier molecular flexibility index (Phi) is 13.4. The van der Waals surface area contributed by atoms with Gasteiger partial charge in [0.05, 0.1) is 0 Å². The number of aliphatic carboxylic acids is 1. The highest BCUT2D eigenvalue weighted by molar-refractivity contribution is 5.66. The Morgan fingerprint density at radius 3 is 1.68 bits per heavy atom. The van der Waals surface area contributed by atoms with Gasteiger partial charge in [-0.15, -0.1) is 0 Å². The van der Waals surface area contributed by atoms with Gasteiger partial charge >= 0.3 is 5.97 Å². The lowest BCUT2D eigenvalue weighted by Gasteiger charge is -2.07. The van der Waals surface area contributed by atoms with E-state index in [0.717, 1.165) is 19.3 Å². The summed E-state index contributed by atoms with van der Waals surface area (Å²) in [7, 11) is 0. The number of carboxylic acid groups (broad SMARTS) is 1. The molecule has 3 heteroatoms. The van der Waals surface area contributed by atoms with Gasteiger partial charge in [0.2, 0.25) is 0 Å². The Balaban J connectivity index is 3.08. The second-order valence-corrected chi connectivity index (χ2v) is 5.75. The number of aliphatic hydroxyl groups excluding tert-OH is 1. The van der Waals surface area contributed by atoms with Crippen LogP contribution in [-0.2, 0) is 4.79 Å². The van der Waals surface area contributed by atoms with Crippen LogP contribution in [0.2, 0.25) is 0 Å². The zero-order valence-corrected chi connectivity index (χ0v) is 12.6. The third-order valence-electron chi connectivity index (χ3n) is 3.63. The quantitative estimate of drug-likeness (QED) is 0.461. The Morgan fingerprint density at radius 2 is 1.26 bits per heavy atom. The minimum absolute atomic E-state index is 0.313. The molecule has 0 heterocycles. The average Bonchev–Trinajstić information content (AvgIpc) is 2.35. The Labute approximate surface area is 118 Å². The van der Waals surface area contributed by atoms with Crippen molar-refractivity contribution in [3.8, 4) is 0 Å². The van der Waals surface area contributed by atoms with Crippen molar-refractivity contribution < 1.29 is 15.0 Å². The minimum Gasteiger partial charge on any atom is -0.481 e. The largest absolute Gasteiger partial charge is 0.481 e. The third kappa shape index (κ3) is 15.4. The van der Waals surface area contributed by atoms with Gasteiger partial charge in [-0.05, 0) is 12.3 Å². The van der Waals surface area contributed by atoms with E-state index in [1.165, 1.54) is 51.4 Å². The smallest absolute Gasteiger partial charge is 0.303 e. The molecule has 0 aliphatic heterocycles. The first kappa shape index (κ1) is 18.4. The molecule has 0 unspecified atom stereocenters. The fraction of sp³-hybridized carbons (Fsp3) is 0.938. The van der Waals surface area contributed by atoms with Crippen molar-refractivity contribution in [2.45, 2.75) is 84.0 Å². The number of hydrogen-bond donors (Lipinski definition) is 2. The highest BCUT2D eigenvalue weighted by Gasteiger charge is 2.06. The molecule has 0 radical (unpaired) electrons. The molecule has 0 aromatic rings. The summed E-state index contributed by atoms with van der Waals surface area (Å²) >= 11 is 0. The molecule has 114 valence electrons. The number of rotatable bonds is 14. The summed E-state index contributed by atoms with van der Waals surface area (Å²) in [6.45, 7) is 2.36. The van der Waals surface area contributed by atoms with Gasteiger partial charge in [-0.2, -0.15) is 0 Å². The monoisotopic (exact) mass is 272 g/mol. The Hall–Kier alpha value is -0.570. The number of carbonyl (C=O) groups is 1. The van der Waals surface area contributed by atoms with Crippen LogP contribution in [0, 0.1) is 5.92 Å². The molecule has 0 saturated carbocycles. The maximum Gasteiger partial charge on any atom is 0.303 e. The standard InChI is InChI=1S/C16H32O3/c1-15(14-16(18)19)12-10-8-6-4-2-3-5-7-9-11-13-17/h15,17H,2-14H2,1H3,(H,18,19)/t15-/m1/s1. The van der Waals surface area contributed by atoms with Gasteiger partial charge < -0.3 is 10.2 Å². The molecular formula is C16H32O3. The zero-order chi connectivity index (χ0) is 14.3. The first-order valence-electron chi connectivity index (χ1n) is 7.99. The van der Waals surface area contributed by atoms with Crippen LogP contribution in [0.25, 0.3) is 0 Å². The van der Waals surface area contributed by atoms with E-state index in [0.29, 0.717) is 18.9 Å². The summed E-state index contributed by atoms with van der Waals surface area (Å²) < 4.78 is 0. The van der Waals surface area contributed by atoms with Crippen LogP contribution in [0.15, 0.2) is 0 Å². The third-order valence-corrected chi connectivity index (χ3v) is 3.63. The Morgan fingerprint density at radius 1 is 0.842 bits per heavy atom. The lowest BCUT2D eigenvalue weighted by Crippen LogP contribution is -2.03. The molecule has 3 nitrogen and oxygen atoms in total. The SMILES string of the molecule is C[C@H](CCCCCCCCCCCCO)CC(=O)O. The van der Waals surface area contributed by atoms with Gasteiger partial charge in [0.1, 0.15) is 0 Å². The molecule has 0 aromatic carbocycles. The molecule has 0 rings (SSSR count). The fourth-order valence-electron chi connectivity index (χ4n) is 2.42. The summed E-state index contributed by atoms with van der Waals surface area (Å²) in [4.78, 5) is 10.5. The molecule has 1 atom stereocenters. The summed E-state index contributed by atoms with van der Waals surface area (Å²) in [5, 5.41) is 17.3. The predicted octanol–water partition coefficient (Wildman–Crippen LogP) is 4.38. The molecule has 0 bridgehead atoms. The van der Waals surface area contributed by atoms with Crippen molar-refractivity contribution in [3.63, 3.8) is 0 Å². The van der Waals surface area contributed by atoms with Crippen LogP contribution in [0.5, 0.6) is 0 Å². The number of carboxylic acids is 1. The molecule has 0 amide bonds. The maximum absolute atomic E-state index is 10.5. The second kappa shape index (κ2) is 13.9. The zero-order valence-electron chi connectivity index (χ0n) is 12.6. The normalized spacial score (nSPS) is 12.5. The molecule has 0 saturated heterocycles. The van der Waals surface area contributed by atoms with E-state index in [2.05, 4.69) is 0 Å². The van der Waals surface area contributed by atoms with Crippen molar-refractivity contribution in [2.75, 3.05) is 6.61 Å². The average molecular weight is 272 g/mol. The predicted molar refractivity (Wildman–Crippen MR) is 79.3 cm³/mol. The van der Waals surface area contributed by atoms with Crippen LogP contribution in [-0.4, -0.2) is 22.8 Å². The first-order chi connectivity index (χ1) is 9.16. The molecule has 2 N–H and O–H groups in total. The van der Waals surface area contributed by atoms with Gasteiger partial charge in [-0.25, -0.2) is 0 Å². The van der Waals surface area contributed by atoms with E-state index in [1.807, 2.05) is 6.92 Å². The van der Waals surface area contributed by atoms with Crippen LogP contribution in [0.3, 0.4) is 0 Å². The summed E-state index contributed by atoms with van der Waals surface area (Å²) in [5.74, 6) is -0.349. The van der Waals surface area contributed by atoms with Crippen molar-refractivity contribution in [1.29, 1.82) is 0 Å². The van der Waals surface area contributed by atoms with E-state index in [-0.39, 0.29) is 0 Å². The van der Waals surface area contributed by atoms with Crippen molar-refractivity contribution in [3.05, 3.63) is 0 Å². The van der Waals surface area contributed by atoms with Crippen molar-refractivity contribution in [2.24, 2.45) is 5.92 Å². The number of unbranched alkanes of at least 4 members (excludes halogenated alkanes) is 9. The van der Waals surface area contributed by atoms with Gasteiger partial charge in [-0.1, -0.05) is 71.1 Å². The van der Waals surface area contributed by atoms with Crippen LogP contribution in [0.1, 0.15) is 84.0 Å². The van der Waals surface area contributed by atoms with E-state index in [4.69, 9.17) is 10.2 Å². The fourth-order valence-corrected chi connectivity index (χ4v) is 2.42. The van der Waals surface area contributed by atoms with Gasteiger partial charge in [0.15, 0.2) is 0 Å².